The van der Waals surface area contributed by atoms with Gasteiger partial charge in [0.2, 0.25) is 0 Å². The van der Waals surface area contributed by atoms with Crippen LogP contribution in [-0.2, 0) is 0 Å². The Morgan fingerprint density at radius 2 is 1.13 bits per heavy atom. The Morgan fingerprint density at radius 3 is 1.52 bits per heavy atom. The fourth-order valence-electron chi connectivity index (χ4n) is 2.88. The summed E-state index contributed by atoms with van der Waals surface area (Å²) in [4.78, 5) is 3.83. The lowest BCUT2D eigenvalue weighted by atomic mass is 10.0. The van der Waals surface area contributed by atoms with Gasteiger partial charge in [-0.25, -0.2) is 0 Å². The van der Waals surface area contributed by atoms with Gasteiger partial charge in [0.15, 0.2) is 5.96 Å². The van der Waals surface area contributed by atoms with Crippen LogP contribution in [0.3, 0.4) is 0 Å². The van der Waals surface area contributed by atoms with Crippen molar-refractivity contribution < 1.29 is 5.11 Å². The van der Waals surface area contributed by atoms with Crippen molar-refractivity contribution in [2.24, 2.45) is 16.5 Å². The van der Waals surface area contributed by atoms with Crippen LogP contribution in [0.4, 0.5) is 0 Å². The Hall–Kier alpha value is -0.770. The number of rotatable bonds is 17. The number of aliphatic hydroxyl groups is 1. The SMILES string of the molecule is CCCCCCCCCCCCCCCCC(O)CN=C(N)N. The average molecular weight is 328 g/mol. The maximum absolute atomic E-state index is 9.67. The molecule has 0 heterocycles. The van der Waals surface area contributed by atoms with Gasteiger partial charge in [-0.1, -0.05) is 96.8 Å². The topological polar surface area (TPSA) is 84.6 Å². The molecule has 1 unspecified atom stereocenters. The van der Waals surface area contributed by atoms with Crippen molar-refractivity contribution in [1.82, 2.24) is 0 Å². The number of hydrogen-bond acceptors (Lipinski definition) is 2. The summed E-state index contributed by atoms with van der Waals surface area (Å²) in [5.41, 5.74) is 10.5. The molecule has 4 nitrogen and oxygen atoms in total. The average Bonchev–Trinajstić information content (AvgIpc) is 2.53. The summed E-state index contributed by atoms with van der Waals surface area (Å²) in [7, 11) is 0. The van der Waals surface area contributed by atoms with Crippen molar-refractivity contribution in [2.45, 2.75) is 109 Å². The number of aliphatic hydroxyl groups excluding tert-OH is 1. The summed E-state index contributed by atoms with van der Waals surface area (Å²) in [6.45, 7) is 2.61. The Balaban J connectivity index is 3.12. The van der Waals surface area contributed by atoms with Crippen molar-refractivity contribution in [3.63, 3.8) is 0 Å². The summed E-state index contributed by atoms with van der Waals surface area (Å²) < 4.78 is 0. The van der Waals surface area contributed by atoms with Crippen LogP contribution in [0, 0.1) is 0 Å². The minimum absolute atomic E-state index is 0.0602. The number of nitrogens with zero attached hydrogens (tertiary/aromatic N) is 1. The molecule has 138 valence electrons. The monoisotopic (exact) mass is 327 g/mol. The molecule has 0 fully saturated rings. The number of guanidine groups is 1. The smallest absolute Gasteiger partial charge is 0.185 e. The molecule has 0 rings (SSSR count). The molecule has 4 heteroatoms. The highest BCUT2D eigenvalue weighted by Crippen LogP contribution is 2.13. The first-order valence-corrected chi connectivity index (χ1v) is 9.90. The van der Waals surface area contributed by atoms with Gasteiger partial charge in [0, 0.05) is 0 Å². The summed E-state index contributed by atoms with van der Waals surface area (Å²) in [5.74, 6) is 0.0602. The van der Waals surface area contributed by atoms with E-state index in [1.807, 2.05) is 0 Å². The second kappa shape index (κ2) is 17.6. The Kier molecular flexibility index (Phi) is 17.0. The van der Waals surface area contributed by atoms with E-state index < -0.39 is 6.10 Å². The van der Waals surface area contributed by atoms with E-state index in [1.165, 1.54) is 83.5 Å². The van der Waals surface area contributed by atoms with Gasteiger partial charge in [0.1, 0.15) is 0 Å². The molecule has 0 aliphatic carbocycles. The minimum Gasteiger partial charge on any atom is -0.391 e. The molecular formula is C19H41N3O. The quantitative estimate of drug-likeness (QED) is 0.209. The normalized spacial score (nSPS) is 12.3. The fourth-order valence-corrected chi connectivity index (χ4v) is 2.88. The number of aliphatic imine (C=N–C) groups is 1. The molecule has 0 spiro atoms. The van der Waals surface area contributed by atoms with Crippen molar-refractivity contribution in [1.29, 1.82) is 0 Å². The molecule has 0 radical (unpaired) electrons. The van der Waals surface area contributed by atoms with Gasteiger partial charge in [-0.2, -0.15) is 0 Å². The number of unbranched alkanes of at least 4 members (excludes halogenated alkanes) is 13. The molecule has 0 saturated heterocycles. The molecule has 5 N–H and O–H groups in total. The zero-order valence-electron chi connectivity index (χ0n) is 15.4. The van der Waals surface area contributed by atoms with Crippen LogP contribution in [0.1, 0.15) is 103 Å². The molecule has 0 aromatic heterocycles. The van der Waals surface area contributed by atoms with E-state index in [9.17, 15) is 5.11 Å². The van der Waals surface area contributed by atoms with Crippen LogP contribution in [0.2, 0.25) is 0 Å². The maximum Gasteiger partial charge on any atom is 0.185 e. The molecule has 23 heavy (non-hydrogen) atoms. The molecule has 0 aliphatic heterocycles. The van der Waals surface area contributed by atoms with Gasteiger partial charge < -0.3 is 16.6 Å². The van der Waals surface area contributed by atoms with Crippen LogP contribution in [0.15, 0.2) is 4.99 Å². The van der Waals surface area contributed by atoms with E-state index in [0.29, 0.717) is 6.54 Å². The summed E-state index contributed by atoms with van der Waals surface area (Å²) in [6.07, 6.45) is 19.4. The van der Waals surface area contributed by atoms with Gasteiger partial charge in [0.25, 0.3) is 0 Å². The zero-order valence-corrected chi connectivity index (χ0v) is 15.4. The van der Waals surface area contributed by atoms with Crippen LogP contribution in [-0.4, -0.2) is 23.7 Å². The third kappa shape index (κ3) is 19.2. The first-order chi connectivity index (χ1) is 11.2. The molecular weight excluding hydrogens is 286 g/mol. The minimum atomic E-state index is -0.394. The Morgan fingerprint density at radius 1 is 0.739 bits per heavy atom. The van der Waals surface area contributed by atoms with E-state index >= 15 is 0 Å². The van der Waals surface area contributed by atoms with Crippen molar-refractivity contribution in [2.75, 3.05) is 6.54 Å². The third-order valence-corrected chi connectivity index (χ3v) is 4.38. The highest BCUT2D eigenvalue weighted by Gasteiger charge is 2.02. The molecule has 0 aromatic carbocycles. The molecule has 0 bridgehead atoms. The zero-order chi connectivity index (χ0) is 17.2. The lowest BCUT2D eigenvalue weighted by Gasteiger charge is -2.07. The Labute approximate surface area is 144 Å². The van der Waals surface area contributed by atoms with Crippen LogP contribution in [0.5, 0.6) is 0 Å². The van der Waals surface area contributed by atoms with Gasteiger partial charge in [-0.05, 0) is 6.42 Å². The van der Waals surface area contributed by atoms with E-state index in [-0.39, 0.29) is 5.96 Å². The highest BCUT2D eigenvalue weighted by atomic mass is 16.3. The van der Waals surface area contributed by atoms with Crippen LogP contribution < -0.4 is 11.5 Å². The first kappa shape index (κ1) is 22.2. The highest BCUT2D eigenvalue weighted by molar-refractivity contribution is 5.75. The van der Waals surface area contributed by atoms with Crippen molar-refractivity contribution >= 4 is 5.96 Å². The van der Waals surface area contributed by atoms with Crippen LogP contribution in [0.25, 0.3) is 0 Å². The standard InChI is InChI=1S/C19H41N3O/c1-2-3-4-5-6-7-8-9-10-11-12-13-14-15-16-18(23)17-22-19(20)21/h18,23H,2-17H2,1H3,(H4,20,21,22). The second-order valence-corrected chi connectivity index (χ2v) is 6.80. The van der Waals surface area contributed by atoms with Gasteiger partial charge in [-0.15, -0.1) is 0 Å². The van der Waals surface area contributed by atoms with Crippen molar-refractivity contribution in [3.05, 3.63) is 0 Å². The molecule has 1 atom stereocenters. The Bertz CT molecular complexity index is 265. The summed E-state index contributed by atoms with van der Waals surface area (Å²) in [6, 6.07) is 0. The fraction of sp³-hybridized carbons (Fsp3) is 0.947. The largest absolute Gasteiger partial charge is 0.391 e. The first-order valence-electron chi connectivity index (χ1n) is 9.90. The second-order valence-electron chi connectivity index (χ2n) is 6.80. The third-order valence-electron chi connectivity index (χ3n) is 4.38. The molecule has 0 aliphatic rings. The van der Waals surface area contributed by atoms with E-state index in [0.717, 1.165) is 12.8 Å². The lowest BCUT2D eigenvalue weighted by Crippen LogP contribution is -2.25. The van der Waals surface area contributed by atoms with E-state index in [4.69, 9.17) is 11.5 Å². The predicted octanol–water partition coefficient (Wildman–Crippen LogP) is 4.49. The van der Waals surface area contributed by atoms with E-state index in [1.54, 1.807) is 0 Å². The lowest BCUT2D eigenvalue weighted by molar-refractivity contribution is 0.169. The molecule has 0 amide bonds. The maximum atomic E-state index is 9.67. The predicted molar refractivity (Wildman–Crippen MR) is 102 cm³/mol. The van der Waals surface area contributed by atoms with E-state index in [2.05, 4.69) is 11.9 Å². The van der Waals surface area contributed by atoms with Crippen LogP contribution >= 0.6 is 0 Å². The van der Waals surface area contributed by atoms with Gasteiger partial charge in [0.05, 0.1) is 12.6 Å². The van der Waals surface area contributed by atoms with Gasteiger partial charge in [-0.3, -0.25) is 4.99 Å². The number of nitrogens with two attached hydrogens (primary N) is 2. The molecule has 0 saturated carbocycles. The molecule has 0 aromatic rings. The summed E-state index contributed by atoms with van der Waals surface area (Å²) >= 11 is 0. The van der Waals surface area contributed by atoms with Gasteiger partial charge >= 0.3 is 0 Å². The van der Waals surface area contributed by atoms with Crippen molar-refractivity contribution in [3.8, 4) is 0 Å². The number of hydrogen-bond donors (Lipinski definition) is 3. The summed E-state index contributed by atoms with van der Waals surface area (Å²) in [5, 5.41) is 9.67.